The number of hydrogen-bond donors (Lipinski definition) is 2. The Morgan fingerprint density at radius 3 is 2.62 bits per heavy atom. The normalized spacial score (nSPS) is 10.1. The van der Waals surface area contributed by atoms with Gasteiger partial charge in [-0.2, -0.15) is 0 Å². The van der Waals surface area contributed by atoms with E-state index >= 15 is 0 Å². The summed E-state index contributed by atoms with van der Waals surface area (Å²) in [6, 6.07) is 9.56. The predicted octanol–water partition coefficient (Wildman–Crippen LogP) is 0.621. The third kappa shape index (κ3) is 3.64. The van der Waals surface area contributed by atoms with Crippen molar-refractivity contribution in [3.8, 4) is 0 Å². The highest BCUT2D eigenvalue weighted by Crippen LogP contribution is 2.12. The molecule has 16 heavy (non-hydrogen) atoms. The number of likely N-dealkylation sites (N-methyl/N-ethyl adjacent to an activating group) is 1. The molecule has 0 saturated heterocycles. The van der Waals surface area contributed by atoms with Crippen molar-refractivity contribution in [2.24, 2.45) is 0 Å². The Morgan fingerprint density at radius 1 is 1.38 bits per heavy atom. The number of carbonyl (C=O) groups excluding carboxylic acids is 1. The first-order valence-corrected chi connectivity index (χ1v) is 5.46. The van der Waals surface area contributed by atoms with Crippen LogP contribution in [0.3, 0.4) is 0 Å². The highest BCUT2D eigenvalue weighted by Gasteiger charge is 2.12. The number of aliphatic hydroxyl groups excluding tert-OH is 1. The van der Waals surface area contributed by atoms with Crippen LogP contribution in [-0.2, 0) is 4.79 Å². The molecule has 0 aromatic heterocycles. The summed E-state index contributed by atoms with van der Waals surface area (Å²) in [6.07, 6.45) is 0. The molecular formula is C12H18N2O2. The molecule has 0 bridgehead atoms. The van der Waals surface area contributed by atoms with E-state index in [9.17, 15) is 4.79 Å². The first kappa shape index (κ1) is 12.7. The van der Waals surface area contributed by atoms with Gasteiger partial charge in [0, 0.05) is 18.8 Å². The van der Waals surface area contributed by atoms with Crippen LogP contribution < -0.4 is 10.2 Å². The minimum Gasteiger partial charge on any atom is -0.395 e. The number of hydrogen-bond acceptors (Lipinski definition) is 3. The van der Waals surface area contributed by atoms with Crippen LogP contribution in [0.15, 0.2) is 30.3 Å². The fourth-order valence-electron chi connectivity index (χ4n) is 1.48. The van der Waals surface area contributed by atoms with E-state index in [4.69, 9.17) is 5.11 Å². The zero-order chi connectivity index (χ0) is 11.8. The van der Waals surface area contributed by atoms with E-state index in [0.717, 1.165) is 5.69 Å². The summed E-state index contributed by atoms with van der Waals surface area (Å²) in [5.74, 6) is 0.0159. The maximum Gasteiger partial charge on any atom is 0.240 e. The minimum atomic E-state index is 0.0159. The van der Waals surface area contributed by atoms with Crippen molar-refractivity contribution in [1.29, 1.82) is 0 Å². The van der Waals surface area contributed by atoms with Gasteiger partial charge in [-0.25, -0.2) is 0 Å². The van der Waals surface area contributed by atoms with Crippen LogP contribution >= 0.6 is 0 Å². The van der Waals surface area contributed by atoms with Crippen molar-refractivity contribution in [2.75, 3.05) is 31.1 Å². The average molecular weight is 222 g/mol. The molecule has 0 saturated carbocycles. The highest BCUT2D eigenvalue weighted by molar-refractivity contribution is 5.94. The fraction of sp³-hybridized carbons (Fsp3) is 0.417. The van der Waals surface area contributed by atoms with Gasteiger partial charge in [0.2, 0.25) is 5.91 Å². The lowest BCUT2D eigenvalue weighted by Gasteiger charge is -2.21. The van der Waals surface area contributed by atoms with Crippen molar-refractivity contribution in [3.05, 3.63) is 30.3 Å². The predicted molar refractivity (Wildman–Crippen MR) is 64.4 cm³/mol. The first-order valence-electron chi connectivity index (χ1n) is 5.46. The number of anilines is 1. The molecule has 0 atom stereocenters. The molecule has 1 aromatic rings. The molecule has 1 aromatic carbocycles. The molecule has 88 valence electrons. The Balaban J connectivity index is 2.57. The Bertz CT molecular complexity index is 314. The van der Waals surface area contributed by atoms with Crippen LogP contribution in [0.25, 0.3) is 0 Å². The number of nitrogens with one attached hydrogen (secondary N) is 1. The maximum absolute atomic E-state index is 11.8. The number of para-hydroxylation sites is 1. The van der Waals surface area contributed by atoms with Crippen LogP contribution in [0.2, 0.25) is 0 Å². The summed E-state index contributed by atoms with van der Waals surface area (Å²) in [6.45, 7) is 3.33. The molecule has 0 heterocycles. The molecule has 0 spiro atoms. The Kier molecular flexibility index (Phi) is 5.53. The van der Waals surface area contributed by atoms with E-state index in [1.807, 2.05) is 37.3 Å². The van der Waals surface area contributed by atoms with Crippen molar-refractivity contribution >= 4 is 11.6 Å². The van der Waals surface area contributed by atoms with Gasteiger partial charge >= 0.3 is 0 Å². The average Bonchev–Trinajstić information content (AvgIpc) is 2.32. The van der Waals surface area contributed by atoms with Crippen molar-refractivity contribution in [3.63, 3.8) is 0 Å². The van der Waals surface area contributed by atoms with Crippen LogP contribution in [0.5, 0.6) is 0 Å². The van der Waals surface area contributed by atoms with E-state index in [1.165, 1.54) is 0 Å². The Labute approximate surface area is 95.9 Å². The van der Waals surface area contributed by atoms with Gasteiger partial charge in [-0.1, -0.05) is 18.2 Å². The Morgan fingerprint density at radius 2 is 2.06 bits per heavy atom. The summed E-state index contributed by atoms with van der Waals surface area (Å²) in [5, 5.41) is 11.5. The third-order valence-electron chi connectivity index (χ3n) is 2.25. The van der Waals surface area contributed by atoms with Crippen molar-refractivity contribution in [2.45, 2.75) is 6.92 Å². The van der Waals surface area contributed by atoms with Gasteiger partial charge in [0.25, 0.3) is 0 Å². The van der Waals surface area contributed by atoms with E-state index in [1.54, 1.807) is 4.90 Å². The fourth-order valence-corrected chi connectivity index (χ4v) is 1.48. The molecule has 2 N–H and O–H groups in total. The summed E-state index contributed by atoms with van der Waals surface area (Å²) < 4.78 is 0. The lowest BCUT2D eigenvalue weighted by molar-refractivity contribution is -0.117. The van der Waals surface area contributed by atoms with Crippen LogP contribution in [0, 0.1) is 0 Å². The zero-order valence-corrected chi connectivity index (χ0v) is 9.52. The molecule has 0 radical (unpaired) electrons. The van der Waals surface area contributed by atoms with Gasteiger partial charge in [0.1, 0.15) is 0 Å². The summed E-state index contributed by atoms with van der Waals surface area (Å²) in [7, 11) is 0. The first-order chi connectivity index (χ1) is 7.79. The molecule has 4 nitrogen and oxygen atoms in total. The lowest BCUT2D eigenvalue weighted by atomic mass is 10.3. The standard InChI is InChI=1S/C12H18N2O2/c1-2-14(11-6-4-3-5-7-11)12(16)10-13-8-9-15/h3-7,13,15H,2,8-10H2,1H3. The number of amides is 1. The zero-order valence-electron chi connectivity index (χ0n) is 9.52. The second-order valence-corrected chi connectivity index (χ2v) is 3.37. The third-order valence-corrected chi connectivity index (χ3v) is 2.25. The summed E-state index contributed by atoms with van der Waals surface area (Å²) in [5.41, 5.74) is 0.904. The molecule has 1 amide bonds. The molecule has 0 aliphatic rings. The Hall–Kier alpha value is -1.39. The number of carbonyl (C=O) groups is 1. The van der Waals surface area contributed by atoms with Gasteiger partial charge in [-0.3, -0.25) is 4.79 Å². The topological polar surface area (TPSA) is 52.6 Å². The molecule has 0 aliphatic carbocycles. The largest absolute Gasteiger partial charge is 0.395 e. The minimum absolute atomic E-state index is 0.0159. The van der Waals surface area contributed by atoms with Crippen molar-refractivity contribution in [1.82, 2.24) is 5.32 Å². The number of rotatable bonds is 6. The number of aliphatic hydroxyl groups is 1. The second-order valence-electron chi connectivity index (χ2n) is 3.37. The smallest absolute Gasteiger partial charge is 0.240 e. The highest BCUT2D eigenvalue weighted by atomic mass is 16.3. The molecule has 4 heteroatoms. The molecule has 0 fully saturated rings. The lowest BCUT2D eigenvalue weighted by Crippen LogP contribution is -2.38. The van der Waals surface area contributed by atoms with Gasteiger partial charge in [-0.05, 0) is 19.1 Å². The SMILES string of the molecule is CCN(C(=O)CNCCO)c1ccccc1. The maximum atomic E-state index is 11.8. The van der Waals surface area contributed by atoms with Gasteiger partial charge in [-0.15, -0.1) is 0 Å². The quantitative estimate of drug-likeness (QED) is 0.694. The van der Waals surface area contributed by atoms with Gasteiger partial charge in [0.05, 0.1) is 13.2 Å². The van der Waals surface area contributed by atoms with Crippen LogP contribution in [-0.4, -0.2) is 37.3 Å². The van der Waals surface area contributed by atoms with E-state index in [0.29, 0.717) is 13.1 Å². The second kappa shape index (κ2) is 6.98. The monoisotopic (exact) mass is 222 g/mol. The molecule has 0 aliphatic heterocycles. The summed E-state index contributed by atoms with van der Waals surface area (Å²) in [4.78, 5) is 13.5. The summed E-state index contributed by atoms with van der Waals surface area (Å²) >= 11 is 0. The van der Waals surface area contributed by atoms with E-state index in [-0.39, 0.29) is 19.1 Å². The molecule has 0 unspecified atom stereocenters. The van der Waals surface area contributed by atoms with Crippen LogP contribution in [0.1, 0.15) is 6.92 Å². The van der Waals surface area contributed by atoms with Gasteiger partial charge in [0.15, 0.2) is 0 Å². The van der Waals surface area contributed by atoms with E-state index < -0.39 is 0 Å². The van der Waals surface area contributed by atoms with E-state index in [2.05, 4.69) is 5.32 Å². The van der Waals surface area contributed by atoms with Crippen LogP contribution in [0.4, 0.5) is 5.69 Å². The molecule has 1 rings (SSSR count). The number of nitrogens with zero attached hydrogens (tertiary/aromatic N) is 1. The number of benzene rings is 1. The van der Waals surface area contributed by atoms with Crippen molar-refractivity contribution < 1.29 is 9.90 Å². The van der Waals surface area contributed by atoms with Gasteiger partial charge < -0.3 is 15.3 Å². The molecular weight excluding hydrogens is 204 g/mol.